The molecule has 0 unspecified atom stereocenters. The van der Waals surface area contributed by atoms with Gasteiger partial charge in [-0.05, 0) is 31.0 Å². The standard InChI is InChI=1S/C14H19ClN2O3/c1-8(2)7-17-14(19)9(3)20-12-5-4-10(15)6-11(12)13(16)18/h4-6,8-9H,7H2,1-3H3,(H2,16,18)(H,17,19)/t9-/m1/s1. The molecule has 0 radical (unpaired) electrons. The largest absolute Gasteiger partial charge is 0.480 e. The van der Waals surface area contributed by atoms with Crippen LogP contribution in [0.4, 0.5) is 0 Å². The maximum absolute atomic E-state index is 11.8. The fourth-order valence-corrected chi connectivity index (χ4v) is 1.66. The Labute approximate surface area is 123 Å². The molecule has 1 aromatic carbocycles. The van der Waals surface area contributed by atoms with E-state index < -0.39 is 12.0 Å². The second-order valence-corrected chi connectivity index (χ2v) is 5.34. The van der Waals surface area contributed by atoms with Crippen LogP contribution in [0, 0.1) is 5.92 Å². The van der Waals surface area contributed by atoms with E-state index in [9.17, 15) is 9.59 Å². The lowest BCUT2D eigenvalue weighted by Gasteiger charge is -2.17. The van der Waals surface area contributed by atoms with Crippen molar-refractivity contribution in [2.24, 2.45) is 11.7 Å². The van der Waals surface area contributed by atoms with Gasteiger partial charge in [0.2, 0.25) is 0 Å². The van der Waals surface area contributed by atoms with Crippen LogP contribution in [0.3, 0.4) is 0 Å². The molecule has 1 atom stereocenters. The summed E-state index contributed by atoms with van der Waals surface area (Å²) < 4.78 is 5.48. The lowest BCUT2D eigenvalue weighted by Crippen LogP contribution is -2.38. The molecule has 6 heteroatoms. The van der Waals surface area contributed by atoms with Gasteiger partial charge in [0.05, 0.1) is 5.56 Å². The van der Waals surface area contributed by atoms with Crippen molar-refractivity contribution in [3.05, 3.63) is 28.8 Å². The average molecular weight is 299 g/mol. The Morgan fingerprint density at radius 2 is 2.00 bits per heavy atom. The maximum atomic E-state index is 11.8. The first-order valence-corrected chi connectivity index (χ1v) is 6.72. The van der Waals surface area contributed by atoms with Crippen LogP contribution in [0.1, 0.15) is 31.1 Å². The van der Waals surface area contributed by atoms with E-state index in [1.807, 2.05) is 13.8 Å². The molecule has 1 rings (SSSR count). The number of nitrogens with one attached hydrogen (secondary N) is 1. The van der Waals surface area contributed by atoms with Crippen LogP contribution in [-0.4, -0.2) is 24.5 Å². The van der Waals surface area contributed by atoms with Gasteiger partial charge in [0, 0.05) is 11.6 Å². The number of primary amides is 1. The van der Waals surface area contributed by atoms with Crippen molar-refractivity contribution < 1.29 is 14.3 Å². The maximum Gasteiger partial charge on any atom is 0.260 e. The number of carbonyl (C=O) groups is 2. The molecule has 110 valence electrons. The molecule has 0 spiro atoms. The van der Waals surface area contributed by atoms with Gasteiger partial charge in [0.1, 0.15) is 5.75 Å². The number of hydrogen-bond donors (Lipinski definition) is 2. The summed E-state index contributed by atoms with van der Waals surface area (Å²) in [6.45, 7) is 6.16. The zero-order chi connectivity index (χ0) is 15.3. The first-order chi connectivity index (χ1) is 9.31. The minimum Gasteiger partial charge on any atom is -0.480 e. The molecule has 0 saturated carbocycles. The molecule has 0 heterocycles. The van der Waals surface area contributed by atoms with E-state index in [1.54, 1.807) is 13.0 Å². The van der Waals surface area contributed by atoms with Crippen molar-refractivity contribution in [2.75, 3.05) is 6.54 Å². The van der Waals surface area contributed by atoms with Gasteiger partial charge in [-0.3, -0.25) is 9.59 Å². The molecule has 0 aliphatic heterocycles. The molecule has 5 nitrogen and oxygen atoms in total. The predicted octanol–water partition coefficient (Wildman–Crippen LogP) is 1.98. The molecular formula is C14H19ClN2O3. The van der Waals surface area contributed by atoms with Gasteiger partial charge in [-0.1, -0.05) is 25.4 Å². The summed E-state index contributed by atoms with van der Waals surface area (Å²) in [4.78, 5) is 23.1. The monoisotopic (exact) mass is 298 g/mol. The third-order valence-corrected chi connectivity index (χ3v) is 2.80. The first-order valence-electron chi connectivity index (χ1n) is 6.35. The summed E-state index contributed by atoms with van der Waals surface area (Å²) in [6.07, 6.45) is -0.729. The molecule has 0 aromatic heterocycles. The minimum absolute atomic E-state index is 0.154. The lowest BCUT2D eigenvalue weighted by molar-refractivity contribution is -0.127. The smallest absolute Gasteiger partial charge is 0.260 e. The number of hydrogen-bond acceptors (Lipinski definition) is 3. The molecule has 0 fully saturated rings. The quantitative estimate of drug-likeness (QED) is 0.842. The molecule has 20 heavy (non-hydrogen) atoms. The van der Waals surface area contributed by atoms with Gasteiger partial charge >= 0.3 is 0 Å². The number of carbonyl (C=O) groups excluding carboxylic acids is 2. The molecule has 1 aromatic rings. The van der Waals surface area contributed by atoms with Crippen molar-refractivity contribution in [3.63, 3.8) is 0 Å². The van der Waals surface area contributed by atoms with Crippen molar-refractivity contribution >= 4 is 23.4 Å². The molecule has 0 bridgehead atoms. The lowest BCUT2D eigenvalue weighted by atomic mass is 10.2. The number of ether oxygens (including phenoxy) is 1. The minimum atomic E-state index is -0.729. The summed E-state index contributed by atoms with van der Waals surface area (Å²) in [5.74, 6) is -0.307. The van der Waals surface area contributed by atoms with E-state index in [2.05, 4.69) is 5.32 Å². The van der Waals surface area contributed by atoms with E-state index in [-0.39, 0.29) is 17.2 Å². The SMILES string of the molecule is CC(C)CNC(=O)[C@@H](C)Oc1ccc(Cl)cc1C(N)=O. The molecule has 3 N–H and O–H groups in total. The van der Waals surface area contributed by atoms with E-state index >= 15 is 0 Å². The van der Waals surface area contributed by atoms with Crippen LogP contribution in [0.25, 0.3) is 0 Å². The van der Waals surface area contributed by atoms with Crippen molar-refractivity contribution in [2.45, 2.75) is 26.9 Å². The fourth-order valence-electron chi connectivity index (χ4n) is 1.49. The highest BCUT2D eigenvalue weighted by atomic mass is 35.5. The highest BCUT2D eigenvalue weighted by Crippen LogP contribution is 2.23. The summed E-state index contributed by atoms with van der Waals surface area (Å²) in [7, 11) is 0. The number of rotatable bonds is 6. The highest BCUT2D eigenvalue weighted by molar-refractivity contribution is 6.31. The fraction of sp³-hybridized carbons (Fsp3) is 0.429. The molecule has 2 amide bonds. The van der Waals surface area contributed by atoms with E-state index in [4.69, 9.17) is 22.1 Å². The van der Waals surface area contributed by atoms with Gasteiger partial charge in [-0.2, -0.15) is 0 Å². The Morgan fingerprint density at radius 3 is 2.55 bits per heavy atom. The van der Waals surface area contributed by atoms with Gasteiger partial charge in [-0.15, -0.1) is 0 Å². The predicted molar refractivity (Wildman–Crippen MR) is 77.9 cm³/mol. The molecule has 0 aliphatic rings. The summed E-state index contributed by atoms with van der Waals surface area (Å²) in [6, 6.07) is 4.51. The molecule has 0 saturated heterocycles. The normalized spacial score (nSPS) is 12.1. The van der Waals surface area contributed by atoms with Crippen molar-refractivity contribution in [1.29, 1.82) is 0 Å². The second-order valence-electron chi connectivity index (χ2n) is 4.90. The third kappa shape index (κ3) is 4.74. The Morgan fingerprint density at radius 1 is 1.35 bits per heavy atom. The summed E-state index contributed by atoms with van der Waals surface area (Å²) in [5, 5.41) is 3.13. The van der Waals surface area contributed by atoms with Crippen LogP contribution in [0.5, 0.6) is 5.75 Å². The highest BCUT2D eigenvalue weighted by Gasteiger charge is 2.18. The van der Waals surface area contributed by atoms with Gasteiger partial charge in [0.25, 0.3) is 11.8 Å². The Bertz CT molecular complexity index is 503. The number of nitrogens with two attached hydrogens (primary N) is 1. The van der Waals surface area contributed by atoms with E-state index in [0.29, 0.717) is 17.5 Å². The summed E-state index contributed by atoms with van der Waals surface area (Å²) in [5.41, 5.74) is 5.41. The Hall–Kier alpha value is -1.75. The van der Waals surface area contributed by atoms with E-state index in [1.165, 1.54) is 12.1 Å². The van der Waals surface area contributed by atoms with E-state index in [0.717, 1.165) is 0 Å². The van der Waals surface area contributed by atoms with Crippen molar-refractivity contribution in [1.82, 2.24) is 5.32 Å². The van der Waals surface area contributed by atoms with Crippen LogP contribution in [-0.2, 0) is 4.79 Å². The molecule has 0 aliphatic carbocycles. The topological polar surface area (TPSA) is 81.4 Å². The third-order valence-electron chi connectivity index (χ3n) is 2.56. The van der Waals surface area contributed by atoms with Gasteiger partial charge < -0.3 is 15.8 Å². The van der Waals surface area contributed by atoms with Gasteiger partial charge in [-0.25, -0.2) is 0 Å². The van der Waals surface area contributed by atoms with Crippen molar-refractivity contribution in [3.8, 4) is 5.75 Å². The number of amides is 2. The number of halogens is 1. The van der Waals surface area contributed by atoms with Gasteiger partial charge in [0.15, 0.2) is 6.10 Å². The van der Waals surface area contributed by atoms with Crippen LogP contribution in [0.2, 0.25) is 5.02 Å². The summed E-state index contributed by atoms with van der Waals surface area (Å²) >= 11 is 5.80. The zero-order valence-electron chi connectivity index (χ0n) is 11.8. The first kappa shape index (κ1) is 16.3. The van der Waals surface area contributed by atoms with Crippen LogP contribution < -0.4 is 15.8 Å². The average Bonchev–Trinajstić information content (AvgIpc) is 2.37. The number of benzene rings is 1. The van der Waals surface area contributed by atoms with Crippen LogP contribution in [0.15, 0.2) is 18.2 Å². The Kier molecular flexibility index (Phi) is 5.82. The Balaban J connectivity index is 2.77. The molecular weight excluding hydrogens is 280 g/mol. The second kappa shape index (κ2) is 7.14. The van der Waals surface area contributed by atoms with Crippen LogP contribution >= 0.6 is 11.6 Å². The zero-order valence-corrected chi connectivity index (χ0v) is 12.5.